The fourth-order valence-corrected chi connectivity index (χ4v) is 3.21. The van der Waals surface area contributed by atoms with Crippen LogP contribution in [0.5, 0.6) is 5.75 Å². The monoisotopic (exact) mass is 424 g/mol. The van der Waals surface area contributed by atoms with E-state index >= 15 is 0 Å². The van der Waals surface area contributed by atoms with Crippen LogP contribution >= 0.6 is 15.9 Å². The zero-order valence-corrected chi connectivity index (χ0v) is 17.2. The van der Waals surface area contributed by atoms with E-state index < -0.39 is 5.60 Å². The van der Waals surface area contributed by atoms with Crippen molar-refractivity contribution in [2.24, 2.45) is 0 Å². The van der Waals surface area contributed by atoms with Crippen LogP contribution in [0.3, 0.4) is 0 Å². The summed E-state index contributed by atoms with van der Waals surface area (Å²) in [7, 11) is 1.79. The Balaban J connectivity index is 2.09. The summed E-state index contributed by atoms with van der Waals surface area (Å²) in [6.07, 6.45) is 1.57. The Labute approximate surface area is 162 Å². The summed E-state index contributed by atoms with van der Waals surface area (Å²) in [5.74, 6) is 0.884. The van der Waals surface area contributed by atoms with Crippen LogP contribution in [0.25, 0.3) is 0 Å². The number of piperidine rings is 1. The lowest BCUT2D eigenvalue weighted by Gasteiger charge is -2.31. The highest BCUT2D eigenvalue weighted by Crippen LogP contribution is 2.34. The molecular formula is C19H25BrN2O4. The van der Waals surface area contributed by atoms with E-state index in [1.54, 1.807) is 18.0 Å². The summed E-state index contributed by atoms with van der Waals surface area (Å²) < 4.78 is 12.1. The van der Waals surface area contributed by atoms with Gasteiger partial charge in [-0.1, -0.05) is 6.07 Å². The molecule has 0 unspecified atom stereocenters. The topological polar surface area (TPSA) is 67.9 Å². The zero-order chi connectivity index (χ0) is 19.3. The van der Waals surface area contributed by atoms with E-state index in [9.17, 15) is 9.59 Å². The van der Waals surface area contributed by atoms with Crippen molar-refractivity contribution in [1.29, 1.82) is 0 Å². The average molecular weight is 425 g/mol. The molecule has 1 aliphatic rings. The van der Waals surface area contributed by atoms with Crippen LogP contribution in [-0.4, -0.2) is 43.0 Å². The summed E-state index contributed by atoms with van der Waals surface area (Å²) in [6, 6.07) is 5.54. The highest BCUT2D eigenvalue weighted by molar-refractivity contribution is 9.10. The third-order valence-electron chi connectivity index (χ3n) is 3.92. The number of allylic oxidation sites excluding steroid dienone is 1. The number of ether oxygens (including phenoxy) is 2. The summed E-state index contributed by atoms with van der Waals surface area (Å²) in [5.41, 5.74) is 1.16. The first-order valence-corrected chi connectivity index (χ1v) is 9.33. The second-order valence-corrected chi connectivity index (χ2v) is 7.87. The Morgan fingerprint density at radius 1 is 1.27 bits per heavy atom. The minimum absolute atomic E-state index is 0.309. The number of anilines is 1. The first kappa shape index (κ1) is 20.3. The molecule has 1 aliphatic heterocycles. The van der Waals surface area contributed by atoms with Gasteiger partial charge < -0.3 is 19.7 Å². The van der Waals surface area contributed by atoms with Gasteiger partial charge in [0, 0.05) is 24.6 Å². The summed E-state index contributed by atoms with van der Waals surface area (Å²) in [5, 5.41) is 3.06. The highest BCUT2D eigenvalue weighted by Gasteiger charge is 2.26. The van der Waals surface area contributed by atoms with E-state index in [4.69, 9.17) is 9.47 Å². The highest BCUT2D eigenvalue weighted by atomic mass is 79.9. The number of nitrogens with one attached hydrogen (secondary N) is 1. The Morgan fingerprint density at radius 3 is 2.46 bits per heavy atom. The molecule has 1 N–H and O–H groups in total. The largest absolute Gasteiger partial charge is 0.452 e. The van der Waals surface area contributed by atoms with Gasteiger partial charge >= 0.3 is 6.09 Å². The van der Waals surface area contributed by atoms with Crippen LogP contribution in [0.1, 0.15) is 33.6 Å². The van der Waals surface area contributed by atoms with Crippen LogP contribution in [0.2, 0.25) is 0 Å². The molecular weight excluding hydrogens is 400 g/mol. The number of halogens is 1. The van der Waals surface area contributed by atoms with E-state index in [-0.39, 0.29) is 6.09 Å². The van der Waals surface area contributed by atoms with Gasteiger partial charge in [-0.3, -0.25) is 4.79 Å². The van der Waals surface area contributed by atoms with Gasteiger partial charge in [0.2, 0.25) is 0 Å². The van der Waals surface area contributed by atoms with Gasteiger partial charge in [0.05, 0.1) is 5.69 Å². The van der Waals surface area contributed by atoms with E-state index in [1.165, 1.54) is 0 Å². The van der Waals surface area contributed by atoms with Crippen LogP contribution in [-0.2, 0) is 9.53 Å². The maximum absolute atomic E-state index is 12.1. The molecule has 1 fully saturated rings. The molecule has 0 spiro atoms. The maximum Gasteiger partial charge on any atom is 0.410 e. The molecule has 142 valence electrons. The lowest BCUT2D eigenvalue weighted by Crippen LogP contribution is -2.40. The molecule has 26 heavy (non-hydrogen) atoms. The fourth-order valence-electron chi connectivity index (χ4n) is 2.66. The SMILES string of the molecule is CNc1c(Br)cccc1OC(C=O)=C1CCN(C(=O)OC(C)(C)C)CC1. The Morgan fingerprint density at radius 2 is 1.92 bits per heavy atom. The smallest absolute Gasteiger partial charge is 0.410 e. The van der Waals surface area contributed by atoms with Crippen molar-refractivity contribution in [2.45, 2.75) is 39.2 Å². The Hall–Kier alpha value is -2.02. The summed E-state index contributed by atoms with van der Waals surface area (Å²) in [6.45, 7) is 6.53. The van der Waals surface area contributed by atoms with Crippen molar-refractivity contribution in [2.75, 3.05) is 25.5 Å². The molecule has 1 aromatic carbocycles. The van der Waals surface area contributed by atoms with E-state index in [2.05, 4.69) is 21.2 Å². The number of para-hydroxylation sites is 1. The molecule has 7 heteroatoms. The maximum atomic E-state index is 12.1. The molecule has 6 nitrogen and oxygen atoms in total. The van der Waals surface area contributed by atoms with Gasteiger partial charge in [0.1, 0.15) is 5.60 Å². The van der Waals surface area contributed by atoms with Crippen LogP contribution in [0.4, 0.5) is 10.5 Å². The van der Waals surface area contributed by atoms with Crippen molar-refractivity contribution in [3.05, 3.63) is 34.0 Å². The number of amides is 1. The molecule has 2 rings (SSSR count). The second kappa shape index (κ2) is 8.58. The van der Waals surface area contributed by atoms with E-state index in [0.29, 0.717) is 37.4 Å². The third-order valence-corrected chi connectivity index (χ3v) is 4.58. The molecule has 0 saturated carbocycles. The van der Waals surface area contributed by atoms with Crippen LogP contribution in [0, 0.1) is 0 Å². The molecule has 0 aromatic heterocycles. The minimum Gasteiger partial charge on any atom is -0.452 e. The summed E-state index contributed by atoms with van der Waals surface area (Å²) in [4.78, 5) is 25.4. The molecule has 0 aliphatic carbocycles. The van der Waals surface area contributed by atoms with Crippen molar-refractivity contribution in [3.63, 3.8) is 0 Å². The number of hydrogen-bond donors (Lipinski definition) is 1. The number of nitrogens with zero attached hydrogens (tertiary/aromatic N) is 1. The minimum atomic E-state index is -0.519. The quantitative estimate of drug-likeness (QED) is 0.441. The lowest BCUT2D eigenvalue weighted by molar-refractivity contribution is -0.106. The van der Waals surface area contributed by atoms with Crippen molar-refractivity contribution >= 4 is 34.0 Å². The first-order chi connectivity index (χ1) is 12.2. The van der Waals surface area contributed by atoms with E-state index in [1.807, 2.05) is 32.9 Å². The van der Waals surface area contributed by atoms with Crippen molar-refractivity contribution in [3.8, 4) is 5.75 Å². The van der Waals surface area contributed by atoms with Gasteiger partial charge in [-0.05, 0) is 67.2 Å². The zero-order valence-electron chi connectivity index (χ0n) is 15.6. The van der Waals surface area contributed by atoms with Crippen molar-refractivity contribution in [1.82, 2.24) is 4.90 Å². The van der Waals surface area contributed by atoms with Crippen LogP contribution < -0.4 is 10.1 Å². The molecule has 1 heterocycles. The third kappa shape index (κ3) is 5.24. The Bertz CT molecular complexity index is 700. The number of likely N-dealkylation sites (tertiary alicyclic amines) is 1. The van der Waals surface area contributed by atoms with Crippen LogP contribution in [0.15, 0.2) is 34.0 Å². The first-order valence-electron chi connectivity index (χ1n) is 8.54. The van der Waals surface area contributed by atoms with E-state index in [0.717, 1.165) is 22.0 Å². The predicted molar refractivity (Wildman–Crippen MR) is 104 cm³/mol. The molecule has 0 bridgehead atoms. The molecule has 1 aromatic rings. The molecule has 1 amide bonds. The second-order valence-electron chi connectivity index (χ2n) is 7.02. The average Bonchev–Trinajstić information content (AvgIpc) is 2.58. The summed E-state index contributed by atoms with van der Waals surface area (Å²) >= 11 is 3.46. The molecule has 0 atom stereocenters. The lowest BCUT2D eigenvalue weighted by atomic mass is 10.0. The van der Waals surface area contributed by atoms with Gasteiger partial charge in [-0.15, -0.1) is 0 Å². The van der Waals surface area contributed by atoms with Crippen molar-refractivity contribution < 1.29 is 19.1 Å². The normalized spacial score (nSPS) is 14.7. The van der Waals surface area contributed by atoms with Gasteiger partial charge in [0.25, 0.3) is 0 Å². The number of rotatable bonds is 4. The number of hydrogen-bond acceptors (Lipinski definition) is 5. The standard InChI is InChI=1S/C19H25BrN2O4/c1-19(2,3)26-18(24)22-10-8-13(9-11-22)16(12-23)25-15-7-5-6-14(20)17(15)21-4/h5-7,12,21H,8-11H2,1-4H3. The number of aldehydes is 1. The van der Waals surface area contributed by atoms with Gasteiger partial charge in [-0.2, -0.15) is 0 Å². The van der Waals surface area contributed by atoms with Gasteiger partial charge in [-0.25, -0.2) is 4.79 Å². The van der Waals surface area contributed by atoms with Gasteiger partial charge in [0.15, 0.2) is 17.8 Å². The number of carbonyl (C=O) groups excluding carboxylic acids is 2. The fraction of sp³-hybridized carbons (Fsp3) is 0.474. The predicted octanol–water partition coefficient (Wildman–Crippen LogP) is 4.35. The molecule has 1 saturated heterocycles. The number of carbonyl (C=O) groups is 2. The number of benzene rings is 1. The Kier molecular flexibility index (Phi) is 6.69. The molecule has 0 radical (unpaired) electrons.